The third-order valence-electron chi connectivity index (χ3n) is 6.79. The second-order valence-corrected chi connectivity index (χ2v) is 8.85. The third kappa shape index (κ3) is 2.81. The average Bonchev–Trinajstić information content (AvgIpc) is 3.15. The number of aromatic nitrogens is 1. The fourth-order valence-electron chi connectivity index (χ4n) is 4.59. The topological polar surface area (TPSA) is 71.6 Å². The first kappa shape index (κ1) is 17.4. The lowest BCUT2D eigenvalue weighted by Gasteiger charge is -2.26. The van der Waals surface area contributed by atoms with Crippen LogP contribution < -0.4 is 5.73 Å². The van der Waals surface area contributed by atoms with Gasteiger partial charge in [0.2, 0.25) is 5.91 Å². The van der Waals surface area contributed by atoms with Gasteiger partial charge in [-0.15, -0.1) is 0 Å². The van der Waals surface area contributed by atoms with Crippen molar-refractivity contribution in [2.24, 2.45) is 21.6 Å². The summed E-state index contributed by atoms with van der Waals surface area (Å²) < 4.78 is 0. The quantitative estimate of drug-likeness (QED) is 0.895. The van der Waals surface area contributed by atoms with E-state index < -0.39 is 0 Å². The Kier molecular flexibility index (Phi) is 3.83. The van der Waals surface area contributed by atoms with E-state index in [2.05, 4.69) is 22.9 Å². The highest BCUT2D eigenvalue weighted by Crippen LogP contribution is 2.49. The van der Waals surface area contributed by atoms with Gasteiger partial charge in [-0.2, -0.15) is 0 Å². The number of pyridine rings is 1. The number of benzene rings is 1. The van der Waals surface area contributed by atoms with Crippen molar-refractivity contribution in [2.45, 2.75) is 32.6 Å². The van der Waals surface area contributed by atoms with Crippen molar-refractivity contribution in [3.63, 3.8) is 0 Å². The minimum Gasteiger partial charge on any atom is -0.398 e. The maximum Gasteiger partial charge on any atom is 0.228 e. The predicted molar refractivity (Wildman–Crippen MR) is 112 cm³/mol. The standard InChI is InChI=1S/C23H26N4O/c1-22(6-7-22)21(28)27-11-9-23(15-27)8-10-25-20(23)13-18(24)17-12-16-4-2-3-5-19(16)26-14-17/h2-5,12-14H,6-11,15,24H2,1H3. The normalized spacial score (nSPS) is 26.1. The largest absolute Gasteiger partial charge is 0.398 e. The Labute approximate surface area is 165 Å². The van der Waals surface area contributed by atoms with Gasteiger partial charge in [0, 0.05) is 59.0 Å². The van der Waals surface area contributed by atoms with Gasteiger partial charge in [-0.1, -0.05) is 25.1 Å². The van der Waals surface area contributed by atoms with Crippen LogP contribution in [-0.2, 0) is 4.79 Å². The lowest BCUT2D eigenvalue weighted by Crippen LogP contribution is -2.38. The molecule has 2 aromatic rings. The van der Waals surface area contributed by atoms with Gasteiger partial charge < -0.3 is 10.6 Å². The van der Waals surface area contributed by atoms with Crippen molar-refractivity contribution in [3.8, 4) is 0 Å². The number of hydrogen-bond donors (Lipinski definition) is 1. The van der Waals surface area contributed by atoms with Crippen LogP contribution in [0.4, 0.5) is 0 Å². The summed E-state index contributed by atoms with van der Waals surface area (Å²) in [6, 6.07) is 10.1. The fourth-order valence-corrected chi connectivity index (χ4v) is 4.59. The molecule has 1 saturated carbocycles. The minimum atomic E-state index is -0.104. The summed E-state index contributed by atoms with van der Waals surface area (Å²) in [7, 11) is 0. The zero-order valence-electron chi connectivity index (χ0n) is 16.3. The molecule has 2 N–H and O–H groups in total. The van der Waals surface area contributed by atoms with E-state index in [0.29, 0.717) is 11.6 Å². The van der Waals surface area contributed by atoms with Crippen LogP contribution in [0.3, 0.4) is 0 Å². The number of rotatable bonds is 3. The number of carbonyl (C=O) groups excluding carboxylic acids is 1. The first-order valence-corrected chi connectivity index (χ1v) is 10.2. The van der Waals surface area contributed by atoms with Crippen LogP contribution in [0.1, 0.15) is 38.2 Å². The molecule has 2 fully saturated rings. The second-order valence-electron chi connectivity index (χ2n) is 8.85. The van der Waals surface area contributed by atoms with E-state index in [1.54, 1.807) is 0 Å². The lowest BCUT2D eigenvalue weighted by atomic mass is 9.80. The van der Waals surface area contributed by atoms with Gasteiger partial charge in [0.1, 0.15) is 0 Å². The Hall–Kier alpha value is -2.69. The van der Waals surface area contributed by atoms with E-state index in [1.807, 2.05) is 36.5 Å². The molecule has 5 heteroatoms. The molecule has 0 radical (unpaired) electrons. The highest BCUT2D eigenvalue weighted by Gasteiger charge is 2.52. The molecular formula is C23H26N4O. The molecule has 1 atom stereocenters. The number of carbonyl (C=O) groups is 1. The number of aliphatic imine (C=N–C) groups is 1. The monoisotopic (exact) mass is 374 g/mol. The van der Waals surface area contributed by atoms with E-state index in [1.165, 1.54) is 0 Å². The molecule has 3 heterocycles. The van der Waals surface area contributed by atoms with Crippen molar-refractivity contribution >= 4 is 28.2 Å². The summed E-state index contributed by atoms with van der Waals surface area (Å²) in [6.07, 6.45) is 7.88. The molecule has 5 rings (SSSR count). The SMILES string of the molecule is CC1(C(=O)N2CCC3(CCN=C3C=C(N)c3cnc4ccccc4c3)C2)CC1. The van der Waals surface area contributed by atoms with Gasteiger partial charge in [-0.3, -0.25) is 14.8 Å². The molecule has 1 spiro atoms. The Morgan fingerprint density at radius 1 is 1.21 bits per heavy atom. The van der Waals surface area contributed by atoms with Crippen LogP contribution in [0.25, 0.3) is 16.6 Å². The van der Waals surface area contributed by atoms with Crippen molar-refractivity contribution in [1.29, 1.82) is 0 Å². The summed E-state index contributed by atoms with van der Waals surface area (Å²) in [4.78, 5) is 24.1. The van der Waals surface area contributed by atoms with Gasteiger partial charge in [-0.25, -0.2) is 0 Å². The van der Waals surface area contributed by atoms with E-state index in [9.17, 15) is 4.79 Å². The molecule has 1 aromatic heterocycles. The van der Waals surface area contributed by atoms with Crippen molar-refractivity contribution in [1.82, 2.24) is 9.88 Å². The molecule has 5 nitrogen and oxygen atoms in total. The molecule has 3 aliphatic rings. The molecule has 1 amide bonds. The van der Waals surface area contributed by atoms with Crippen molar-refractivity contribution < 1.29 is 4.79 Å². The molecule has 144 valence electrons. The van der Waals surface area contributed by atoms with Crippen molar-refractivity contribution in [3.05, 3.63) is 48.2 Å². The number of likely N-dealkylation sites (tertiary alicyclic amines) is 1. The third-order valence-corrected chi connectivity index (χ3v) is 6.79. The van der Waals surface area contributed by atoms with Crippen LogP contribution in [0.15, 0.2) is 47.6 Å². The molecular weight excluding hydrogens is 348 g/mol. The second kappa shape index (κ2) is 6.16. The van der Waals surface area contributed by atoms with E-state index in [0.717, 1.165) is 67.5 Å². The first-order chi connectivity index (χ1) is 13.5. The number of para-hydroxylation sites is 1. The van der Waals surface area contributed by atoms with Crippen LogP contribution in [0.5, 0.6) is 0 Å². The molecule has 0 bridgehead atoms. The predicted octanol–water partition coefficient (Wildman–Crippen LogP) is 3.40. The number of fused-ring (bicyclic) bond motifs is 1. The van der Waals surface area contributed by atoms with Crippen molar-refractivity contribution in [2.75, 3.05) is 19.6 Å². The van der Waals surface area contributed by atoms with Gasteiger partial charge in [0.15, 0.2) is 0 Å². The summed E-state index contributed by atoms with van der Waals surface area (Å²) in [6.45, 7) is 4.52. The summed E-state index contributed by atoms with van der Waals surface area (Å²) in [5.74, 6) is 0.325. The fraction of sp³-hybridized carbons (Fsp3) is 0.435. The number of allylic oxidation sites excluding steroid dienone is 1. The van der Waals surface area contributed by atoms with Gasteiger partial charge in [0.25, 0.3) is 0 Å². The number of nitrogens with zero attached hydrogens (tertiary/aromatic N) is 3. The Morgan fingerprint density at radius 2 is 2.04 bits per heavy atom. The van der Waals surface area contributed by atoms with Crippen LogP contribution in [0, 0.1) is 10.8 Å². The Morgan fingerprint density at radius 3 is 2.86 bits per heavy atom. The smallest absolute Gasteiger partial charge is 0.228 e. The van der Waals surface area contributed by atoms with Gasteiger partial charge >= 0.3 is 0 Å². The minimum absolute atomic E-state index is 0.0319. The Balaban J connectivity index is 1.39. The average molecular weight is 374 g/mol. The van der Waals surface area contributed by atoms with E-state index in [4.69, 9.17) is 10.7 Å². The summed E-state index contributed by atoms with van der Waals surface area (Å²) >= 11 is 0. The molecule has 28 heavy (non-hydrogen) atoms. The van der Waals surface area contributed by atoms with Crippen LogP contribution >= 0.6 is 0 Å². The highest BCUT2D eigenvalue weighted by atomic mass is 16.2. The summed E-state index contributed by atoms with van der Waals surface area (Å²) in [5.41, 5.74) is 9.94. The number of hydrogen-bond acceptors (Lipinski definition) is 4. The first-order valence-electron chi connectivity index (χ1n) is 10.2. The zero-order chi connectivity index (χ0) is 19.4. The zero-order valence-corrected chi connectivity index (χ0v) is 16.3. The maximum atomic E-state index is 12.8. The molecule has 1 aromatic carbocycles. The molecule has 1 saturated heterocycles. The van der Waals surface area contributed by atoms with Gasteiger partial charge in [-0.05, 0) is 43.9 Å². The summed E-state index contributed by atoms with van der Waals surface area (Å²) in [5, 5.41) is 1.08. The number of nitrogens with two attached hydrogens (primary N) is 1. The number of amides is 1. The van der Waals surface area contributed by atoms with E-state index in [-0.39, 0.29) is 10.8 Å². The van der Waals surface area contributed by atoms with Gasteiger partial charge in [0.05, 0.1) is 5.52 Å². The molecule has 1 aliphatic carbocycles. The Bertz CT molecular complexity index is 1020. The van der Waals surface area contributed by atoms with E-state index >= 15 is 0 Å². The molecule has 2 aliphatic heterocycles. The highest BCUT2D eigenvalue weighted by molar-refractivity contribution is 6.06. The lowest BCUT2D eigenvalue weighted by molar-refractivity contribution is -0.135. The maximum absolute atomic E-state index is 12.8. The van der Waals surface area contributed by atoms with Crippen LogP contribution in [-0.4, -0.2) is 41.1 Å². The molecule has 1 unspecified atom stereocenters. The van der Waals surface area contributed by atoms with Crippen LogP contribution in [0.2, 0.25) is 0 Å².